The van der Waals surface area contributed by atoms with Crippen molar-refractivity contribution in [1.29, 1.82) is 0 Å². The predicted molar refractivity (Wildman–Crippen MR) is 84.6 cm³/mol. The maximum Gasteiger partial charge on any atom is 0.179 e. The maximum atomic E-state index is 12.6. The van der Waals surface area contributed by atoms with Gasteiger partial charge in [-0.2, -0.15) is 0 Å². The Morgan fingerprint density at radius 2 is 2.20 bits per heavy atom. The number of ketones is 1. The van der Waals surface area contributed by atoms with Gasteiger partial charge in [0.25, 0.3) is 0 Å². The molecular weight excluding hydrogens is 248 g/mol. The van der Waals surface area contributed by atoms with E-state index in [9.17, 15) is 4.79 Å². The minimum Gasteiger partial charge on any atom is -0.384 e. The van der Waals surface area contributed by atoms with Gasteiger partial charge in [-0.1, -0.05) is 20.3 Å². The third kappa shape index (κ3) is 3.21. The zero-order valence-electron chi connectivity index (χ0n) is 12.9. The van der Waals surface area contributed by atoms with Gasteiger partial charge in [-0.05, 0) is 56.6 Å². The van der Waals surface area contributed by atoms with Crippen LogP contribution in [0.25, 0.3) is 0 Å². The summed E-state index contributed by atoms with van der Waals surface area (Å²) in [5.74, 6) is 0.248. The van der Waals surface area contributed by atoms with E-state index >= 15 is 0 Å². The molecule has 0 fully saturated rings. The summed E-state index contributed by atoms with van der Waals surface area (Å²) in [6, 6.07) is 6.05. The van der Waals surface area contributed by atoms with Crippen LogP contribution in [-0.2, 0) is 6.42 Å². The van der Waals surface area contributed by atoms with E-state index in [1.807, 2.05) is 19.1 Å². The molecule has 1 aliphatic heterocycles. The summed E-state index contributed by atoms with van der Waals surface area (Å²) < 4.78 is 0. The second-order valence-electron chi connectivity index (χ2n) is 5.57. The molecule has 0 aromatic heterocycles. The number of fused-ring (bicyclic) bond motifs is 1. The van der Waals surface area contributed by atoms with E-state index in [-0.39, 0.29) is 11.8 Å². The van der Waals surface area contributed by atoms with Gasteiger partial charge in [-0.25, -0.2) is 0 Å². The van der Waals surface area contributed by atoms with Crippen LogP contribution < -0.4 is 5.32 Å². The topological polar surface area (TPSA) is 32.3 Å². The predicted octanol–water partition coefficient (Wildman–Crippen LogP) is 3.35. The number of anilines is 1. The molecule has 0 aliphatic carbocycles. The minimum atomic E-state index is -0.0287. The number of benzene rings is 1. The number of unbranched alkanes of at least 4 members (excludes halogenated alkanes) is 1. The van der Waals surface area contributed by atoms with Crippen LogP contribution in [0.5, 0.6) is 0 Å². The van der Waals surface area contributed by atoms with Crippen molar-refractivity contribution in [1.82, 2.24) is 4.90 Å². The Morgan fingerprint density at radius 3 is 2.90 bits per heavy atom. The number of nitrogens with zero attached hydrogens (tertiary/aromatic N) is 1. The summed E-state index contributed by atoms with van der Waals surface area (Å²) in [4.78, 5) is 14.9. The summed E-state index contributed by atoms with van der Waals surface area (Å²) >= 11 is 0. The van der Waals surface area contributed by atoms with Gasteiger partial charge in [0.15, 0.2) is 5.78 Å². The van der Waals surface area contributed by atoms with E-state index in [4.69, 9.17) is 0 Å². The lowest BCUT2D eigenvalue weighted by Gasteiger charge is -2.26. The van der Waals surface area contributed by atoms with E-state index < -0.39 is 0 Å². The van der Waals surface area contributed by atoms with Crippen LogP contribution in [0, 0.1) is 0 Å². The van der Waals surface area contributed by atoms with E-state index in [2.05, 4.69) is 30.1 Å². The Labute approximate surface area is 122 Å². The van der Waals surface area contributed by atoms with Crippen LogP contribution in [0.4, 0.5) is 5.69 Å². The number of carbonyl (C=O) groups excluding carboxylic acids is 1. The van der Waals surface area contributed by atoms with E-state index in [0.29, 0.717) is 0 Å². The fourth-order valence-electron chi connectivity index (χ4n) is 2.85. The van der Waals surface area contributed by atoms with Crippen LogP contribution in [0.15, 0.2) is 18.2 Å². The quantitative estimate of drug-likeness (QED) is 0.774. The first-order chi connectivity index (χ1) is 9.67. The van der Waals surface area contributed by atoms with Crippen LogP contribution in [-0.4, -0.2) is 36.4 Å². The molecule has 0 saturated heterocycles. The molecule has 0 spiro atoms. The number of hydrogen-bond acceptors (Lipinski definition) is 3. The Balaban J connectivity index is 2.09. The molecule has 110 valence electrons. The monoisotopic (exact) mass is 274 g/mol. The Hall–Kier alpha value is -1.35. The molecule has 0 saturated carbocycles. The molecule has 1 atom stereocenters. The largest absolute Gasteiger partial charge is 0.384 e. The molecule has 20 heavy (non-hydrogen) atoms. The molecule has 0 bridgehead atoms. The number of Topliss-reactive ketones (excluding diaryl/α,β-unsaturated/α-hetero) is 1. The first-order valence-electron chi connectivity index (χ1n) is 7.82. The molecular formula is C17H26N2O. The lowest BCUT2D eigenvalue weighted by Crippen LogP contribution is -2.39. The summed E-state index contributed by atoms with van der Waals surface area (Å²) in [7, 11) is 0. The minimum absolute atomic E-state index is 0.0287. The van der Waals surface area contributed by atoms with Gasteiger partial charge in [0, 0.05) is 17.8 Å². The van der Waals surface area contributed by atoms with Gasteiger partial charge in [0.1, 0.15) is 0 Å². The zero-order chi connectivity index (χ0) is 14.5. The number of nitrogens with one attached hydrogen (secondary N) is 1. The Kier molecular flexibility index (Phi) is 5.18. The fourth-order valence-corrected chi connectivity index (χ4v) is 2.85. The highest BCUT2D eigenvalue weighted by Crippen LogP contribution is 2.24. The molecule has 1 aromatic carbocycles. The van der Waals surface area contributed by atoms with Crippen LogP contribution in [0.1, 0.15) is 49.5 Å². The van der Waals surface area contributed by atoms with Crippen molar-refractivity contribution in [3.05, 3.63) is 29.3 Å². The van der Waals surface area contributed by atoms with Crippen molar-refractivity contribution in [3.63, 3.8) is 0 Å². The molecule has 1 heterocycles. The van der Waals surface area contributed by atoms with Crippen LogP contribution in [0.3, 0.4) is 0 Å². The van der Waals surface area contributed by atoms with Gasteiger partial charge in [-0.15, -0.1) is 0 Å². The molecule has 1 aliphatic rings. The first kappa shape index (κ1) is 15.0. The van der Waals surface area contributed by atoms with Gasteiger partial charge in [0.05, 0.1) is 6.04 Å². The Morgan fingerprint density at radius 1 is 1.40 bits per heavy atom. The highest BCUT2D eigenvalue weighted by atomic mass is 16.1. The summed E-state index contributed by atoms with van der Waals surface area (Å²) in [5.41, 5.74) is 3.32. The van der Waals surface area contributed by atoms with E-state index in [0.717, 1.165) is 38.0 Å². The average Bonchev–Trinajstić information content (AvgIpc) is 2.94. The SMILES string of the molecule is CCCCN(CC)C(C)C(=O)c1ccc2c(c1)CCN2. The van der Waals surface area contributed by atoms with Gasteiger partial charge in [0.2, 0.25) is 0 Å². The summed E-state index contributed by atoms with van der Waals surface area (Å²) in [6.45, 7) is 9.28. The van der Waals surface area contributed by atoms with Crippen LogP contribution >= 0.6 is 0 Å². The van der Waals surface area contributed by atoms with Gasteiger partial charge >= 0.3 is 0 Å². The lowest BCUT2D eigenvalue weighted by molar-refractivity contribution is 0.0843. The first-order valence-corrected chi connectivity index (χ1v) is 7.82. The van der Waals surface area contributed by atoms with Crippen molar-refractivity contribution in [2.24, 2.45) is 0 Å². The summed E-state index contributed by atoms with van der Waals surface area (Å²) in [5, 5.41) is 3.34. The molecule has 1 N–H and O–H groups in total. The second-order valence-corrected chi connectivity index (χ2v) is 5.57. The number of rotatable bonds is 7. The average molecular weight is 274 g/mol. The standard InChI is InChI=1S/C17H26N2O/c1-4-6-11-19(5-2)13(3)17(20)15-7-8-16-14(12-15)9-10-18-16/h7-8,12-13,18H,4-6,9-11H2,1-3H3. The Bertz CT molecular complexity index is 470. The molecule has 0 amide bonds. The zero-order valence-corrected chi connectivity index (χ0v) is 12.9. The number of likely N-dealkylation sites (N-methyl/N-ethyl adjacent to an activating group) is 1. The molecule has 1 aromatic rings. The summed E-state index contributed by atoms with van der Waals surface area (Å²) in [6.07, 6.45) is 3.35. The maximum absolute atomic E-state index is 12.6. The molecule has 3 nitrogen and oxygen atoms in total. The fraction of sp³-hybridized carbons (Fsp3) is 0.588. The highest BCUT2D eigenvalue weighted by molar-refractivity contribution is 6.00. The lowest BCUT2D eigenvalue weighted by atomic mass is 10.0. The van der Waals surface area contributed by atoms with Gasteiger partial charge < -0.3 is 5.32 Å². The van der Waals surface area contributed by atoms with E-state index in [1.165, 1.54) is 17.7 Å². The van der Waals surface area contributed by atoms with Crippen LogP contribution in [0.2, 0.25) is 0 Å². The highest BCUT2D eigenvalue weighted by Gasteiger charge is 2.22. The molecule has 3 heteroatoms. The smallest absolute Gasteiger partial charge is 0.179 e. The van der Waals surface area contributed by atoms with Crippen molar-refractivity contribution in [3.8, 4) is 0 Å². The van der Waals surface area contributed by atoms with Crippen molar-refractivity contribution in [2.75, 3.05) is 25.0 Å². The van der Waals surface area contributed by atoms with Crippen molar-refractivity contribution >= 4 is 11.5 Å². The van der Waals surface area contributed by atoms with Crippen molar-refractivity contribution < 1.29 is 4.79 Å². The van der Waals surface area contributed by atoms with Gasteiger partial charge in [-0.3, -0.25) is 9.69 Å². The molecule has 2 rings (SSSR count). The van der Waals surface area contributed by atoms with E-state index in [1.54, 1.807) is 0 Å². The second kappa shape index (κ2) is 6.89. The molecule has 1 unspecified atom stereocenters. The number of carbonyl (C=O) groups is 1. The van der Waals surface area contributed by atoms with Crippen molar-refractivity contribution in [2.45, 2.75) is 46.1 Å². The normalized spacial score (nSPS) is 15.0. The third-order valence-corrected chi connectivity index (χ3v) is 4.23. The molecule has 0 radical (unpaired) electrons. The third-order valence-electron chi connectivity index (χ3n) is 4.23. The number of hydrogen-bond donors (Lipinski definition) is 1.